The minimum atomic E-state index is -0.189. The monoisotopic (exact) mass is 152 g/mol. The van der Waals surface area contributed by atoms with Crippen LogP contribution in [0.3, 0.4) is 0 Å². The van der Waals surface area contributed by atoms with E-state index in [0.29, 0.717) is 12.4 Å². The second-order valence-electron chi connectivity index (χ2n) is 2.46. The summed E-state index contributed by atoms with van der Waals surface area (Å²) in [6, 6.07) is 0. The van der Waals surface area contributed by atoms with Gasteiger partial charge in [-0.15, -0.1) is 0 Å². The molecule has 1 aromatic rings. The van der Waals surface area contributed by atoms with E-state index >= 15 is 0 Å². The summed E-state index contributed by atoms with van der Waals surface area (Å²) < 4.78 is 0. The van der Waals surface area contributed by atoms with Crippen LogP contribution in [0.15, 0.2) is 11.1 Å². The fraction of sp³-hybridized carbons (Fsp3) is 0.333. The van der Waals surface area contributed by atoms with Crippen molar-refractivity contribution in [2.75, 3.05) is 23.9 Å². The van der Waals surface area contributed by atoms with E-state index in [4.69, 9.17) is 0 Å². The highest BCUT2D eigenvalue weighted by Gasteiger charge is 2.18. The second-order valence-corrected chi connectivity index (χ2v) is 2.46. The van der Waals surface area contributed by atoms with Crippen LogP contribution in [0.4, 0.5) is 11.5 Å². The molecule has 0 amide bonds. The van der Waals surface area contributed by atoms with E-state index in [0.717, 1.165) is 5.82 Å². The molecule has 0 fully saturated rings. The van der Waals surface area contributed by atoms with Crippen molar-refractivity contribution in [3.8, 4) is 0 Å². The molecule has 0 aromatic carbocycles. The SMILES string of the molecule is CN1CNc2[nH]cnc(=O)c21. The predicted octanol–water partition coefficient (Wildman–Crippen LogP) is -0.411. The van der Waals surface area contributed by atoms with Crippen LogP contribution in [0.1, 0.15) is 0 Å². The zero-order valence-electron chi connectivity index (χ0n) is 6.09. The molecular weight excluding hydrogens is 144 g/mol. The highest BCUT2D eigenvalue weighted by Crippen LogP contribution is 2.21. The summed E-state index contributed by atoms with van der Waals surface area (Å²) in [6.45, 7) is 0.659. The zero-order chi connectivity index (χ0) is 7.84. The number of hydrogen-bond acceptors (Lipinski definition) is 4. The highest BCUT2D eigenvalue weighted by atomic mass is 16.1. The lowest BCUT2D eigenvalue weighted by Gasteiger charge is -2.06. The van der Waals surface area contributed by atoms with E-state index in [1.807, 2.05) is 11.9 Å². The number of H-pyrrole nitrogens is 1. The van der Waals surface area contributed by atoms with Crippen molar-refractivity contribution in [3.05, 3.63) is 16.7 Å². The van der Waals surface area contributed by atoms with Gasteiger partial charge in [0.2, 0.25) is 0 Å². The molecule has 2 heterocycles. The van der Waals surface area contributed by atoms with Crippen LogP contribution < -0.4 is 15.8 Å². The Labute approximate surface area is 63.1 Å². The molecule has 0 saturated carbocycles. The Bertz CT molecular complexity index is 332. The molecule has 0 spiro atoms. The molecule has 0 bridgehead atoms. The lowest BCUT2D eigenvalue weighted by atomic mass is 10.5. The van der Waals surface area contributed by atoms with Crippen molar-refractivity contribution >= 4 is 11.5 Å². The molecule has 0 unspecified atom stereocenters. The summed E-state index contributed by atoms with van der Waals surface area (Å²) in [5, 5.41) is 3.02. The maximum absolute atomic E-state index is 11.1. The van der Waals surface area contributed by atoms with Gasteiger partial charge in [-0.25, -0.2) is 0 Å². The van der Waals surface area contributed by atoms with Crippen LogP contribution in [-0.4, -0.2) is 23.7 Å². The molecule has 58 valence electrons. The Balaban J connectivity index is 2.68. The van der Waals surface area contributed by atoms with Crippen molar-refractivity contribution < 1.29 is 0 Å². The lowest BCUT2D eigenvalue weighted by Crippen LogP contribution is -2.21. The Morgan fingerprint density at radius 1 is 1.73 bits per heavy atom. The summed E-state index contributed by atoms with van der Waals surface area (Å²) in [7, 11) is 1.84. The van der Waals surface area contributed by atoms with E-state index in [9.17, 15) is 4.79 Å². The van der Waals surface area contributed by atoms with Crippen LogP contribution in [0.25, 0.3) is 0 Å². The van der Waals surface area contributed by atoms with Gasteiger partial charge in [0.15, 0.2) is 0 Å². The van der Waals surface area contributed by atoms with Crippen LogP contribution in [0, 0.1) is 0 Å². The van der Waals surface area contributed by atoms with Crippen molar-refractivity contribution in [2.24, 2.45) is 0 Å². The largest absolute Gasteiger partial charge is 0.352 e. The normalized spacial score (nSPS) is 14.5. The van der Waals surface area contributed by atoms with Gasteiger partial charge in [0.25, 0.3) is 5.56 Å². The summed E-state index contributed by atoms with van der Waals surface area (Å²) in [5.41, 5.74) is 0.429. The first-order valence-corrected chi connectivity index (χ1v) is 3.32. The van der Waals surface area contributed by atoms with Crippen LogP contribution in [0.5, 0.6) is 0 Å². The second kappa shape index (κ2) is 1.98. The first kappa shape index (κ1) is 6.21. The van der Waals surface area contributed by atoms with Crippen molar-refractivity contribution in [1.29, 1.82) is 0 Å². The minimum absolute atomic E-state index is 0.189. The van der Waals surface area contributed by atoms with E-state index in [1.54, 1.807) is 0 Å². The molecule has 5 heteroatoms. The number of aromatic amines is 1. The summed E-state index contributed by atoms with van der Waals surface area (Å²) in [5.74, 6) is 0.757. The summed E-state index contributed by atoms with van der Waals surface area (Å²) >= 11 is 0. The van der Waals surface area contributed by atoms with E-state index < -0.39 is 0 Å². The third kappa shape index (κ3) is 0.772. The maximum Gasteiger partial charge on any atom is 0.298 e. The van der Waals surface area contributed by atoms with Crippen LogP contribution in [0.2, 0.25) is 0 Å². The van der Waals surface area contributed by atoms with Gasteiger partial charge in [0.05, 0.1) is 13.0 Å². The molecule has 0 saturated heterocycles. The molecule has 0 atom stereocenters. The number of hydrogen-bond donors (Lipinski definition) is 2. The number of aromatic nitrogens is 2. The average molecular weight is 152 g/mol. The minimum Gasteiger partial charge on any atom is -0.352 e. The van der Waals surface area contributed by atoms with Gasteiger partial charge in [-0.2, -0.15) is 4.98 Å². The van der Waals surface area contributed by atoms with Crippen LogP contribution >= 0.6 is 0 Å². The van der Waals surface area contributed by atoms with E-state index in [1.165, 1.54) is 6.33 Å². The van der Waals surface area contributed by atoms with Gasteiger partial charge in [-0.1, -0.05) is 0 Å². The van der Waals surface area contributed by atoms with Gasteiger partial charge in [-0.05, 0) is 0 Å². The summed E-state index contributed by atoms with van der Waals surface area (Å²) in [6.07, 6.45) is 1.40. The molecule has 0 radical (unpaired) electrons. The molecule has 2 rings (SSSR count). The Morgan fingerprint density at radius 2 is 2.55 bits per heavy atom. The standard InChI is InChI=1S/C6H8N4O/c1-10-3-9-5-4(10)6(11)8-2-7-5/h2H,3H2,1H3,(H2,7,8,9,11). The van der Waals surface area contributed by atoms with Gasteiger partial charge < -0.3 is 15.2 Å². The number of nitrogens with one attached hydrogen (secondary N) is 2. The topological polar surface area (TPSA) is 61.0 Å². The van der Waals surface area contributed by atoms with E-state index in [2.05, 4.69) is 15.3 Å². The quantitative estimate of drug-likeness (QED) is 0.530. The van der Waals surface area contributed by atoms with Crippen molar-refractivity contribution in [1.82, 2.24) is 9.97 Å². The molecule has 11 heavy (non-hydrogen) atoms. The van der Waals surface area contributed by atoms with Gasteiger partial charge in [-0.3, -0.25) is 4.79 Å². The fourth-order valence-corrected chi connectivity index (χ4v) is 1.16. The van der Waals surface area contributed by atoms with Crippen molar-refractivity contribution in [2.45, 2.75) is 0 Å². The molecule has 1 aliphatic rings. The lowest BCUT2D eigenvalue weighted by molar-refractivity contribution is 1.02. The van der Waals surface area contributed by atoms with Gasteiger partial charge in [0, 0.05) is 7.05 Å². The number of fused-ring (bicyclic) bond motifs is 1. The first-order chi connectivity index (χ1) is 5.29. The number of nitrogens with zero attached hydrogens (tertiary/aromatic N) is 2. The molecule has 0 aliphatic carbocycles. The molecule has 1 aromatic heterocycles. The number of anilines is 2. The first-order valence-electron chi connectivity index (χ1n) is 3.32. The third-order valence-electron chi connectivity index (χ3n) is 1.70. The van der Waals surface area contributed by atoms with Gasteiger partial charge in [0.1, 0.15) is 11.5 Å². The number of rotatable bonds is 0. The Morgan fingerprint density at radius 3 is 3.27 bits per heavy atom. The zero-order valence-corrected chi connectivity index (χ0v) is 6.09. The molecule has 2 N–H and O–H groups in total. The fourth-order valence-electron chi connectivity index (χ4n) is 1.16. The molecule has 1 aliphatic heterocycles. The summed E-state index contributed by atoms with van der Waals surface area (Å²) in [4.78, 5) is 19.4. The predicted molar refractivity (Wildman–Crippen MR) is 41.8 cm³/mol. The molecular formula is C6H8N4O. The van der Waals surface area contributed by atoms with Crippen molar-refractivity contribution in [3.63, 3.8) is 0 Å². The third-order valence-corrected chi connectivity index (χ3v) is 1.70. The highest BCUT2D eigenvalue weighted by molar-refractivity contribution is 5.68. The van der Waals surface area contributed by atoms with E-state index in [-0.39, 0.29) is 5.56 Å². The average Bonchev–Trinajstić information content (AvgIpc) is 2.34. The van der Waals surface area contributed by atoms with Gasteiger partial charge >= 0.3 is 0 Å². The Kier molecular flexibility index (Phi) is 1.12. The van der Waals surface area contributed by atoms with Crippen LogP contribution in [-0.2, 0) is 0 Å². The Hall–Kier alpha value is -1.52. The molecule has 5 nitrogen and oxygen atoms in total. The smallest absolute Gasteiger partial charge is 0.298 e. The maximum atomic E-state index is 11.1.